The Kier molecular flexibility index (Phi) is 6.05. The molecular formula is C26H26FNO3. The first kappa shape index (κ1) is 21.1. The topological polar surface area (TPSA) is 38.8 Å². The third-order valence-corrected chi connectivity index (χ3v) is 5.67. The molecule has 0 amide bonds. The maximum Gasteiger partial charge on any atom is 0.347 e. The van der Waals surface area contributed by atoms with E-state index in [1.54, 1.807) is 31.2 Å². The Balaban J connectivity index is 1.76. The fraction of sp³-hybridized carbons (Fsp3) is 0.269. The molecule has 5 heteroatoms. The van der Waals surface area contributed by atoms with Crippen LogP contribution in [0.15, 0.2) is 60.7 Å². The first-order valence-electron chi connectivity index (χ1n) is 10.5. The van der Waals surface area contributed by atoms with E-state index in [9.17, 15) is 4.79 Å². The van der Waals surface area contributed by atoms with Gasteiger partial charge in [-0.1, -0.05) is 48.5 Å². The van der Waals surface area contributed by atoms with Gasteiger partial charge in [0.2, 0.25) is 0 Å². The van der Waals surface area contributed by atoms with E-state index in [1.165, 1.54) is 0 Å². The second-order valence-corrected chi connectivity index (χ2v) is 8.08. The van der Waals surface area contributed by atoms with Gasteiger partial charge in [-0.3, -0.25) is 4.90 Å². The van der Waals surface area contributed by atoms with Crippen molar-refractivity contribution in [3.8, 4) is 11.5 Å². The van der Waals surface area contributed by atoms with Gasteiger partial charge < -0.3 is 9.47 Å². The van der Waals surface area contributed by atoms with Crippen LogP contribution < -0.4 is 9.47 Å². The molecule has 0 aromatic heterocycles. The minimum atomic E-state index is -0.614. The van der Waals surface area contributed by atoms with Crippen molar-refractivity contribution in [3.05, 3.63) is 94.3 Å². The van der Waals surface area contributed by atoms with E-state index in [2.05, 4.69) is 18.7 Å². The maximum absolute atomic E-state index is 15.4. The van der Waals surface area contributed by atoms with E-state index in [0.717, 1.165) is 11.1 Å². The number of hydrogen-bond acceptors (Lipinski definition) is 4. The highest BCUT2D eigenvalue weighted by Crippen LogP contribution is 2.40. The molecule has 1 aliphatic heterocycles. The summed E-state index contributed by atoms with van der Waals surface area (Å²) in [7, 11) is 0. The van der Waals surface area contributed by atoms with Gasteiger partial charge in [0.05, 0.1) is 0 Å². The van der Waals surface area contributed by atoms with Crippen molar-refractivity contribution in [2.75, 3.05) is 0 Å². The number of carbonyl (C=O) groups excluding carboxylic acids is 1. The van der Waals surface area contributed by atoms with Crippen LogP contribution in [-0.4, -0.2) is 16.9 Å². The first-order valence-corrected chi connectivity index (χ1v) is 10.5. The smallest absolute Gasteiger partial charge is 0.347 e. The van der Waals surface area contributed by atoms with Gasteiger partial charge in [-0.25, -0.2) is 9.18 Å². The lowest BCUT2D eigenvalue weighted by Gasteiger charge is -2.20. The molecule has 3 aromatic rings. The summed E-state index contributed by atoms with van der Waals surface area (Å²) < 4.78 is 27.1. The second kappa shape index (κ2) is 8.90. The van der Waals surface area contributed by atoms with Crippen LogP contribution in [0.1, 0.15) is 46.5 Å². The van der Waals surface area contributed by atoms with E-state index in [-0.39, 0.29) is 29.6 Å². The lowest BCUT2D eigenvalue weighted by Crippen LogP contribution is -2.24. The van der Waals surface area contributed by atoms with Crippen LogP contribution >= 0.6 is 0 Å². The number of carbonyl (C=O) groups is 1. The predicted molar refractivity (Wildman–Crippen MR) is 118 cm³/mol. The zero-order valence-corrected chi connectivity index (χ0v) is 18.0. The van der Waals surface area contributed by atoms with Crippen molar-refractivity contribution in [2.24, 2.45) is 0 Å². The summed E-state index contributed by atoms with van der Waals surface area (Å²) in [5.74, 6) is -0.144. The zero-order chi connectivity index (χ0) is 22.0. The summed E-state index contributed by atoms with van der Waals surface area (Å²) in [5.41, 5.74) is 2.72. The molecule has 0 radical (unpaired) electrons. The van der Waals surface area contributed by atoms with Crippen LogP contribution in [0, 0.1) is 12.7 Å². The summed E-state index contributed by atoms with van der Waals surface area (Å²) in [4.78, 5) is 15.3. The average molecular weight is 419 g/mol. The Morgan fingerprint density at radius 3 is 2.26 bits per heavy atom. The largest absolute Gasteiger partial charge is 0.488 e. The number of benzene rings is 3. The number of esters is 1. The summed E-state index contributed by atoms with van der Waals surface area (Å²) in [6.07, 6.45) is 0. The summed E-state index contributed by atoms with van der Waals surface area (Å²) >= 11 is 0. The van der Waals surface area contributed by atoms with Crippen LogP contribution in [0.2, 0.25) is 0 Å². The molecule has 3 aromatic carbocycles. The molecule has 0 saturated heterocycles. The molecule has 31 heavy (non-hydrogen) atoms. The number of fused-ring (bicyclic) bond motifs is 1. The SMILES string of the molecule is Cc1c(F)c2c(c(OCc3ccccc3)c1C(=O)Oc1ccccc1)CN(C(C)C)C2. The minimum absolute atomic E-state index is 0.154. The monoisotopic (exact) mass is 419 g/mol. The van der Waals surface area contributed by atoms with E-state index < -0.39 is 5.97 Å². The molecular weight excluding hydrogens is 393 g/mol. The van der Waals surface area contributed by atoms with Crippen LogP contribution in [-0.2, 0) is 19.7 Å². The van der Waals surface area contributed by atoms with Crippen molar-refractivity contribution >= 4 is 5.97 Å². The lowest BCUT2D eigenvalue weighted by molar-refractivity contribution is 0.0728. The lowest BCUT2D eigenvalue weighted by atomic mass is 9.98. The van der Waals surface area contributed by atoms with Gasteiger partial charge in [0.25, 0.3) is 0 Å². The molecule has 0 atom stereocenters. The van der Waals surface area contributed by atoms with Crippen LogP contribution in [0.25, 0.3) is 0 Å². The van der Waals surface area contributed by atoms with E-state index in [4.69, 9.17) is 9.47 Å². The van der Waals surface area contributed by atoms with Crippen molar-refractivity contribution in [1.82, 2.24) is 4.90 Å². The highest BCUT2D eigenvalue weighted by molar-refractivity contribution is 5.96. The molecule has 0 unspecified atom stereocenters. The van der Waals surface area contributed by atoms with Gasteiger partial charge >= 0.3 is 5.97 Å². The number of para-hydroxylation sites is 1. The first-order chi connectivity index (χ1) is 15.0. The summed E-state index contributed by atoms with van der Waals surface area (Å²) in [6, 6.07) is 18.8. The summed E-state index contributed by atoms with van der Waals surface area (Å²) in [6.45, 7) is 7.07. The summed E-state index contributed by atoms with van der Waals surface area (Å²) in [5, 5.41) is 0. The van der Waals surface area contributed by atoms with Crippen molar-refractivity contribution in [2.45, 2.75) is 46.5 Å². The van der Waals surface area contributed by atoms with E-state index >= 15 is 4.39 Å². The van der Waals surface area contributed by atoms with Crippen molar-refractivity contribution in [3.63, 3.8) is 0 Å². The molecule has 0 spiro atoms. The van der Waals surface area contributed by atoms with Crippen LogP contribution in [0.4, 0.5) is 4.39 Å². The van der Waals surface area contributed by atoms with E-state index in [1.807, 2.05) is 36.4 Å². The maximum atomic E-state index is 15.4. The second-order valence-electron chi connectivity index (χ2n) is 8.08. The van der Waals surface area contributed by atoms with Gasteiger partial charge in [0.15, 0.2) is 0 Å². The Morgan fingerprint density at radius 1 is 1.00 bits per heavy atom. The minimum Gasteiger partial charge on any atom is -0.488 e. The quantitative estimate of drug-likeness (QED) is 0.382. The molecule has 4 rings (SSSR count). The van der Waals surface area contributed by atoms with Crippen molar-refractivity contribution < 1.29 is 18.7 Å². The van der Waals surface area contributed by atoms with Gasteiger partial charge in [-0.15, -0.1) is 0 Å². The van der Waals surface area contributed by atoms with Crippen LogP contribution in [0.5, 0.6) is 11.5 Å². The Bertz CT molecular complexity index is 1080. The predicted octanol–water partition coefficient (Wildman–Crippen LogP) is 5.66. The fourth-order valence-corrected chi connectivity index (χ4v) is 3.87. The molecule has 0 aliphatic carbocycles. The standard InChI is InChI=1S/C26H26FNO3/c1-17(2)28-14-21-22(15-28)25(30-16-19-10-6-4-7-11-19)23(18(3)24(21)27)26(29)31-20-12-8-5-9-13-20/h4-13,17H,14-16H2,1-3H3. The molecule has 4 nitrogen and oxygen atoms in total. The molecule has 0 fully saturated rings. The van der Waals surface area contributed by atoms with Gasteiger partial charge in [0, 0.05) is 35.8 Å². The molecule has 0 bridgehead atoms. The number of hydrogen-bond donors (Lipinski definition) is 0. The van der Waals surface area contributed by atoms with Crippen molar-refractivity contribution in [1.29, 1.82) is 0 Å². The average Bonchev–Trinajstić information content (AvgIpc) is 3.22. The molecule has 1 aliphatic rings. The third kappa shape index (κ3) is 4.32. The molecule has 1 heterocycles. The van der Waals surface area contributed by atoms with Crippen LogP contribution in [0.3, 0.4) is 0 Å². The highest BCUT2D eigenvalue weighted by atomic mass is 19.1. The van der Waals surface area contributed by atoms with Gasteiger partial charge in [0.1, 0.15) is 29.5 Å². The normalized spacial score (nSPS) is 13.3. The fourth-order valence-electron chi connectivity index (χ4n) is 3.87. The number of ether oxygens (including phenoxy) is 2. The van der Waals surface area contributed by atoms with Gasteiger partial charge in [-0.2, -0.15) is 0 Å². The van der Waals surface area contributed by atoms with E-state index in [0.29, 0.717) is 30.2 Å². The number of rotatable bonds is 6. The number of nitrogens with zero attached hydrogens (tertiary/aromatic N) is 1. The molecule has 160 valence electrons. The molecule has 0 N–H and O–H groups in total. The molecule has 0 saturated carbocycles. The van der Waals surface area contributed by atoms with Gasteiger partial charge in [-0.05, 0) is 38.5 Å². The number of halogens is 1. The third-order valence-electron chi connectivity index (χ3n) is 5.67. The zero-order valence-electron chi connectivity index (χ0n) is 18.0. The Labute approximate surface area is 182 Å². The Hall–Kier alpha value is -3.18. The Morgan fingerprint density at radius 2 is 1.61 bits per heavy atom. The highest BCUT2D eigenvalue weighted by Gasteiger charge is 2.34.